The highest BCUT2D eigenvalue weighted by Crippen LogP contribution is 2.45. The number of fused-ring (bicyclic) bond motifs is 1. The van der Waals surface area contributed by atoms with Crippen LogP contribution in [0.3, 0.4) is 0 Å². The summed E-state index contributed by atoms with van der Waals surface area (Å²) in [6.45, 7) is 6.23. The minimum Gasteiger partial charge on any atom is -0.484 e. The van der Waals surface area contributed by atoms with Crippen LogP contribution in [0.25, 0.3) is 0 Å². The lowest BCUT2D eigenvalue weighted by Gasteiger charge is -2.24. The topological polar surface area (TPSA) is 71.1 Å². The number of ether oxygens (including phenoxy) is 4. The van der Waals surface area contributed by atoms with Crippen molar-refractivity contribution in [2.45, 2.75) is 33.3 Å². The molecule has 0 radical (unpaired) electrons. The first-order chi connectivity index (χ1) is 10.1. The van der Waals surface area contributed by atoms with Crippen molar-refractivity contribution in [1.82, 2.24) is 0 Å². The van der Waals surface area contributed by atoms with Crippen LogP contribution < -0.4 is 9.47 Å². The zero-order valence-electron chi connectivity index (χ0n) is 12.3. The molecule has 7 heteroatoms. The van der Waals surface area contributed by atoms with Gasteiger partial charge in [0.15, 0.2) is 21.3 Å². The van der Waals surface area contributed by atoms with Crippen molar-refractivity contribution < 1.29 is 28.5 Å². The second-order valence-corrected chi connectivity index (χ2v) is 5.34. The highest BCUT2D eigenvalue weighted by atomic mass is 32.1. The lowest BCUT2D eigenvalue weighted by Crippen LogP contribution is -2.29. The van der Waals surface area contributed by atoms with Crippen LogP contribution in [-0.4, -0.2) is 37.9 Å². The summed E-state index contributed by atoms with van der Waals surface area (Å²) in [5.41, 5.74) is 0. The molecule has 0 bridgehead atoms. The number of thiophene rings is 1. The van der Waals surface area contributed by atoms with E-state index in [2.05, 4.69) is 0 Å². The molecule has 1 aromatic rings. The predicted molar refractivity (Wildman–Crippen MR) is 76.4 cm³/mol. The second kappa shape index (κ2) is 6.80. The molecule has 1 aliphatic rings. The Morgan fingerprint density at radius 2 is 1.67 bits per heavy atom. The van der Waals surface area contributed by atoms with E-state index in [-0.39, 0.29) is 34.8 Å². The molecule has 0 aromatic carbocycles. The minimum atomic E-state index is -0.521. The Hall–Kier alpha value is -1.76. The van der Waals surface area contributed by atoms with Crippen LogP contribution >= 0.6 is 11.3 Å². The molecule has 1 aromatic heterocycles. The van der Waals surface area contributed by atoms with Gasteiger partial charge in [-0.05, 0) is 20.3 Å². The van der Waals surface area contributed by atoms with Crippen molar-refractivity contribution in [3.05, 3.63) is 9.75 Å². The van der Waals surface area contributed by atoms with E-state index >= 15 is 0 Å². The average Bonchev–Trinajstić information content (AvgIpc) is 2.86. The van der Waals surface area contributed by atoms with Crippen molar-refractivity contribution in [1.29, 1.82) is 0 Å². The van der Waals surface area contributed by atoms with Gasteiger partial charge in [-0.1, -0.05) is 6.92 Å². The first kappa shape index (κ1) is 15.6. The molecule has 0 aliphatic carbocycles. The van der Waals surface area contributed by atoms with Crippen molar-refractivity contribution >= 4 is 23.3 Å². The molecule has 0 spiro atoms. The molecule has 2 rings (SSSR count). The minimum absolute atomic E-state index is 0.143. The van der Waals surface area contributed by atoms with E-state index in [4.69, 9.17) is 18.9 Å². The van der Waals surface area contributed by atoms with E-state index in [0.717, 1.165) is 17.8 Å². The Bertz CT molecular complexity index is 536. The molecule has 6 nitrogen and oxygen atoms in total. The van der Waals surface area contributed by atoms with Gasteiger partial charge < -0.3 is 18.9 Å². The van der Waals surface area contributed by atoms with E-state index in [1.165, 1.54) is 0 Å². The second-order valence-electron chi connectivity index (χ2n) is 4.32. The van der Waals surface area contributed by atoms with Crippen LogP contribution in [0.2, 0.25) is 0 Å². The maximum absolute atomic E-state index is 12.0. The molecule has 0 saturated heterocycles. The zero-order valence-corrected chi connectivity index (χ0v) is 13.1. The molecular formula is C14H18O6S. The first-order valence-electron chi connectivity index (χ1n) is 6.92. The van der Waals surface area contributed by atoms with Gasteiger partial charge in [-0.2, -0.15) is 0 Å². The molecule has 21 heavy (non-hydrogen) atoms. The summed E-state index contributed by atoms with van der Waals surface area (Å²) >= 11 is 0.985. The first-order valence-corrected chi connectivity index (χ1v) is 7.74. The molecule has 0 saturated carbocycles. The molecule has 2 heterocycles. The van der Waals surface area contributed by atoms with Gasteiger partial charge in [-0.3, -0.25) is 0 Å². The number of carbonyl (C=O) groups is 2. The number of hydrogen-bond donors (Lipinski definition) is 0. The fraction of sp³-hybridized carbons (Fsp3) is 0.571. The molecule has 1 atom stereocenters. The van der Waals surface area contributed by atoms with E-state index in [0.29, 0.717) is 12.4 Å². The van der Waals surface area contributed by atoms with Gasteiger partial charge >= 0.3 is 11.9 Å². The fourth-order valence-electron chi connectivity index (χ4n) is 1.88. The molecule has 0 fully saturated rings. The molecular weight excluding hydrogens is 296 g/mol. The maximum atomic E-state index is 12.0. The summed E-state index contributed by atoms with van der Waals surface area (Å²) in [5.74, 6) is -0.465. The fourth-order valence-corrected chi connectivity index (χ4v) is 2.85. The molecule has 1 unspecified atom stereocenters. The van der Waals surface area contributed by atoms with Gasteiger partial charge in [0.1, 0.15) is 12.7 Å². The molecule has 116 valence electrons. The molecule has 1 aliphatic heterocycles. The third-order valence-corrected chi connectivity index (χ3v) is 4.01. The van der Waals surface area contributed by atoms with E-state index < -0.39 is 11.9 Å². The van der Waals surface area contributed by atoms with Gasteiger partial charge in [0.25, 0.3) is 0 Å². The van der Waals surface area contributed by atoms with Gasteiger partial charge in [0.05, 0.1) is 13.2 Å². The lowest BCUT2D eigenvalue weighted by molar-refractivity contribution is 0.0482. The van der Waals surface area contributed by atoms with E-state index in [9.17, 15) is 9.59 Å². The molecule has 0 N–H and O–H groups in total. The Labute approximate surface area is 126 Å². The summed E-state index contributed by atoms with van der Waals surface area (Å²) in [6, 6.07) is 0. The Balaban J connectivity index is 2.41. The number of esters is 2. The summed E-state index contributed by atoms with van der Waals surface area (Å²) in [5, 5.41) is 0. The van der Waals surface area contributed by atoms with Gasteiger partial charge in [0.2, 0.25) is 0 Å². The number of rotatable bonds is 5. The quantitative estimate of drug-likeness (QED) is 0.778. The smallest absolute Gasteiger partial charge is 0.352 e. The van der Waals surface area contributed by atoms with Crippen LogP contribution in [0.15, 0.2) is 0 Å². The SMILES string of the molecule is CCOC(=O)c1sc(C(=O)OCC)c2c1OCC(CC)O2. The largest absolute Gasteiger partial charge is 0.484 e. The third kappa shape index (κ3) is 3.12. The molecule has 0 amide bonds. The highest BCUT2D eigenvalue weighted by molar-refractivity contribution is 7.16. The standard InChI is InChI=1S/C14H18O6S/c1-4-8-7-19-9-10(20-8)12(14(16)18-6-3)21-11(9)13(15)17-5-2/h8H,4-7H2,1-3H3. The maximum Gasteiger partial charge on any atom is 0.352 e. The predicted octanol–water partition coefficient (Wildman–Crippen LogP) is 2.65. The van der Waals surface area contributed by atoms with Crippen molar-refractivity contribution in [3.63, 3.8) is 0 Å². The van der Waals surface area contributed by atoms with Gasteiger partial charge in [-0.15, -0.1) is 11.3 Å². The Morgan fingerprint density at radius 3 is 2.19 bits per heavy atom. The van der Waals surface area contributed by atoms with Crippen LogP contribution in [-0.2, 0) is 9.47 Å². The van der Waals surface area contributed by atoms with Gasteiger partial charge in [-0.25, -0.2) is 9.59 Å². The number of hydrogen-bond acceptors (Lipinski definition) is 7. The van der Waals surface area contributed by atoms with Gasteiger partial charge in [0, 0.05) is 0 Å². The summed E-state index contributed by atoms with van der Waals surface area (Å²) in [4.78, 5) is 24.5. The monoisotopic (exact) mass is 314 g/mol. The summed E-state index contributed by atoms with van der Waals surface area (Å²) in [6.07, 6.45) is 0.599. The van der Waals surface area contributed by atoms with Crippen molar-refractivity contribution in [2.75, 3.05) is 19.8 Å². The van der Waals surface area contributed by atoms with E-state index in [1.807, 2.05) is 6.92 Å². The average molecular weight is 314 g/mol. The lowest BCUT2D eigenvalue weighted by atomic mass is 10.2. The van der Waals surface area contributed by atoms with Crippen LogP contribution in [0.5, 0.6) is 11.5 Å². The van der Waals surface area contributed by atoms with Crippen LogP contribution in [0.1, 0.15) is 46.5 Å². The third-order valence-electron chi connectivity index (χ3n) is 2.90. The summed E-state index contributed by atoms with van der Waals surface area (Å²) < 4.78 is 21.4. The van der Waals surface area contributed by atoms with Crippen molar-refractivity contribution in [3.8, 4) is 11.5 Å². The zero-order chi connectivity index (χ0) is 15.4. The number of carbonyl (C=O) groups excluding carboxylic acids is 2. The highest BCUT2D eigenvalue weighted by Gasteiger charge is 2.35. The Kier molecular flexibility index (Phi) is 5.06. The van der Waals surface area contributed by atoms with E-state index in [1.54, 1.807) is 13.8 Å². The normalized spacial score (nSPS) is 16.4. The summed E-state index contributed by atoms with van der Waals surface area (Å²) in [7, 11) is 0. The van der Waals surface area contributed by atoms with Crippen LogP contribution in [0, 0.1) is 0 Å². The Morgan fingerprint density at radius 1 is 1.10 bits per heavy atom. The van der Waals surface area contributed by atoms with Crippen LogP contribution in [0.4, 0.5) is 0 Å². The van der Waals surface area contributed by atoms with Crippen molar-refractivity contribution in [2.24, 2.45) is 0 Å².